The monoisotopic (exact) mass is 203 g/mol. The predicted molar refractivity (Wildman–Crippen MR) is 55.8 cm³/mol. The summed E-state index contributed by atoms with van der Waals surface area (Å²) in [7, 11) is 4.91. The molecule has 0 saturated heterocycles. The third kappa shape index (κ3) is 4.31. The molecule has 0 aliphatic heterocycles. The van der Waals surface area contributed by atoms with E-state index in [1.807, 2.05) is 0 Å². The molecule has 0 aliphatic rings. The molecule has 4 nitrogen and oxygen atoms in total. The fourth-order valence-electron chi connectivity index (χ4n) is 1.14. The van der Waals surface area contributed by atoms with Crippen LogP contribution in [0.25, 0.3) is 0 Å². The van der Waals surface area contributed by atoms with Gasteiger partial charge in [0.05, 0.1) is 6.42 Å². The Morgan fingerprint density at radius 2 is 1.73 bits per heavy atom. The average molecular weight is 203 g/mol. The molecule has 0 unspecified atom stereocenters. The zero-order chi connectivity index (χ0) is 11.3. The molecule has 5 heteroatoms. The third-order valence-electron chi connectivity index (χ3n) is 1.85. The molecule has 0 spiro atoms. The highest BCUT2D eigenvalue weighted by atomic mass is 16.4. The van der Waals surface area contributed by atoms with E-state index in [0.717, 1.165) is 11.1 Å². The standard InChI is InChI=1S/C10H10BNO3/c11-10(15)12-6-8-3-1-7(2-4-8)5-9(13)14/h1-4H,5-6H2,(H,12,15)(H,13,14). The van der Waals surface area contributed by atoms with Crippen LogP contribution in [0.2, 0.25) is 0 Å². The van der Waals surface area contributed by atoms with Crippen molar-refractivity contribution >= 4 is 19.6 Å². The number of benzene rings is 1. The summed E-state index contributed by atoms with van der Waals surface area (Å²) in [6, 6.07) is 6.95. The van der Waals surface area contributed by atoms with Gasteiger partial charge in [0.2, 0.25) is 7.85 Å². The Kier molecular flexibility index (Phi) is 3.91. The molecule has 15 heavy (non-hydrogen) atoms. The second kappa shape index (κ2) is 5.19. The topological polar surface area (TPSA) is 66.4 Å². The second-order valence-corrected chi connectivity index (χ2v) is 3.10. The van der Waals surface area contributed by atoms with Gasteiger partial charge in [0.15, 0.2) is 5.81 Å². The Hall–Kier alpha value is -1.78. The molecule has 0 bridgehead atoms. The van der Waals surface area contributed by atoms with E-state index < -0.39 is 11.8 Å². The van der Waals surface area contributed by atoms with E-state index in [2.05, 4.69) is 5.32 Å². The van der Waals surface area contributed by atoms with Crippen LogP contribution in [0.5, 0.6) is 0 Å². The lowest BCUT2D eigenvalue weighted by molar-refractivity contribution is -0.136. The van der Waals surface area contributed by atoms with Gasteiger partial charge in [0.1, 0.15) is 0 Å². The quantitative estimate of drug-likeness (QED) is 0.707. The molecule has 1 rings (SSSR count). The van der Waals surface area contributed by atoms with Gasteiger partial charge in [-0.1, -0.05) is 24.3 Å². The molecule has 0 fully saturated rings. The van der Waals surface area contributed by atoms with Crippen molar-refractivity contribution in [2.45, 2.75) is 13.0 Å². The first-order valence-electron chi connectivity index (χ1n) is 4.41. The molecule has 0 heterocycles. The third-order valence-corrected chi connectivity index (χ3v) is 1.85. The zero-order valence-corrected chi connectivity index (χ0v) is 8.06. The Morgan fingerprint density at radius 1 is 1.20 bits per heavy atom. The predicted octanol–water partition coefficient (Wildman–Crippen LogP) is 0.692. The van der Waals surface area contributed by atoms with Crippen LogP contribution in [0.4, 0.5) is 4.79 Å². The normalized spacial score (nSPS) is 9.60. The van der Waals surface area contributed by atoms with Crippen molar-refractivity contribution in [1.29, 1.82) is 0 Å². The van der Waals surface area contributed by atoms with Gasteiger partial charge in [0, 0.05) is 6.54 Å². The average Bonchev–Trinajstić information content (AvgIpc) is 2.16. The van der Waals surface area contributed by atoms with Crippen LogP contribution in [0.15, 0.2) is 24.3 Å². The Balaban J connectivity index is 2.56. The Labute approximate surface area is 88.7 Å². The van der Waals surface area contributed by atoms with E-state index in [0.29, 0.717) is 6.54 Å². The molecule has 0 atom stereocenters. The summed E-state index contributed by atoms with van der Waals surface area (Å²) in [4.78, 5) is 20.8. The molecule has 1 amide bonds. The van der Waals surface area contributed by atoms with Crippen LogP contribution in [0.1, 0.15) is 11.1 Å². The maximum absolute atomic E-state index is 10.4. The van der Waals surface area contributed by atoms with E-state index in [9.17, 15) is 9.59 Å². The molecule has 0 aliphatic carbocycles. The Bertz CT molecular complexity index is 361. The molecule has 2 radical (unpaired) electrons. The molecule has 0 saturated carbocycles. The molecular formula is C10H10BNO3. The van der Waals surface area contributed by atoms with Crippen molar-refractivity contribution in [1.82, 2.24) is 5.32 Å². The van der Waals surface area contributed by atoms with E-state index in [1.54, 1.807) is 24.3 Å². The van der Waals surface area contributed by atoms with E-state index >= 15 is 0 Å². The van der Waals surface area contributed by atoms with Crippen LogP contribution < -0.4 is 5.32 Å². The van der Waals surface area contributed by atoms with E-state index in [4.69, 9.17) is 13.0 Å². The smallest absolute Gasteiger partial charge is 0.307 e. The number of nitrogens with one attached hydrogen (secondary N) is 1. The summed E-state index contributed by atoms with van der Waals surface area (Å²) in [5.41, 5.74) is 1.60. The van der Waals surface area contributed by atoms with Gasteiger partial charge in [-0.15, -0.1) is 0 Å². The first-order chi connectivity index (χ1) is 7.08. The molecular weight excluding hydrogens is 193 g/mol. The minimum atomic E-state index is -0.863. The maximum Gasteiger partial charge on any atom is 0.307 e. The lowest BCUT2D eigenvalue weighted by Crippen LogP contribution is -2.20. The van der Waals surface area contributed by atoms with Crippen molar-refractivity contribution in [3.63, 3.8) is 0 Å². The van der Waals surface area contributed by atoms with Crippen LogP contribution in [-0.2, 0) is 17.8 Å². The van der Waals surface area contributed by atoms with Gasteiger partial charge in [-0.2, -0.15) is 0 Å². The molecule has 0 aromatic heterocycles. The van der Waals surface area contributed by atoms with Gasteiger partial charge < -0.3 is 10.4 Å². The number of hydrogen-bond donors (Lipinski definition) is 2. The van der Waals surface area contributed by atoms with Gasteiger partial charge in [0.25, 0.3) is 0 Å². The van der Waals surface area contributed by atoms with Crippen molar-refractivity contribution in [2.24, 2.45) is 0 Å². The second-order valence-electron chi connectivity index (χ2n) is 3.10. The molecule has 2 N–H and O–H groups in total. The molecule has 1 aromatic carbocycles. The van der Waals surface area contributed by atoms with Crippen molar-refractivity contribution in [3.05, 3.63) is 35.4 Å². The van der Waals surface area contributed by atoms with Crippen LogP contribution in [0.3, 0.4) is 0 Å². The number of hydrogen-bond acceptors (Lipinski definition) is 2. The highest BCUT2D eigenvalue weighted by molar-refractivity contribution is 6.57. The SMILES string of the molecule is [B]C(=O)NCc1ccc(CC(=O)O)cc1. The Morgan fingerprint density at radius 3 is 2.20 bits per heavy atom. The number of rotatable bonds is 4. The fourth-order valence-corrected chi connectivity index (χ4v) is 1.14. The number of carbonyl (C=O) groups excluding carboxylic acids is 1. The van der Waals surface area contributed by atoms with Gasteiger partial charge in [-0.05, 0) is 11.1 Å². The largest absolute Gasteiger partial charge is 0.481 e. The van der Waals surface area contributed by atoms with Crippen LogP contribution in [-0.4, -0.2) is 24.7 Å². The van der Waals surface area contributed by atoms with Crippen molar-refractivity contribution < 1.29 is 14.7 Å². The highest BCUT2D eigenvalue weighted by Crippen LogP contribution is 2.04. The van der Waals surface area contributed by atoms with E-state index in [1.165, 1.54) is 0 Å². The highest BCUT2D eigenvalue weighted by Gasteiger charge is 2.00. The summed E-state index contributed by atoms with van der Waals surface area (Å²) in [6.45, 7) is 0.350. The molecule has 76 valence electrons. The van der Waals surface area contributed by atoms with E-state index in [-0.39, 0.29) is 6.42 Å². The number of carboxylic acids is 1. The van der Waals surface area contributed by atoms with Crippen LogP contribution >= 0.6 is 0 Å². The summed E-state index contributed by atoms with van der Waals surface area (Å²) >= 11 is 0. The number of carboxylic acid groups (broad SMARTS) is 1. The molecule has 1 aromatic rings. The van der Waals surface area contributed by atoms with Crippen molar-refractivity contribution in [3.8, 4) is 0 Å². The first-order valence-corrected chi connectivity index (χ1v) is 4.41. The number of amides is 1. The van der Waals surface area contributed by atoms with Crippen LogP contribution in [0, 0.1) is 0 Å². The number of carbonyl (C=O) groups is 2. The summed E-state index contributed by atoms with van der Waals surface area (Å²) in [5.74, 6) is -1.44. The summed E-state index contributed by atoms with van der Waals surface area (Å²) in [5, 5.41) is 11.0. The fraction of sp³-hybridized carbons (Fsp3) is 0.200. The first kappa shape index (κ1) is 11.3. The van der Waals surface area contributed by atoms with Gasteiger partial charge in [-0.25, -0.2) is 0 Å². The number of aliphatic carboxylic acids is 1. The lowest BCUT2D eigenvalue weighted by atomic mass is 10.1. The zero-order valence-electron chi connectivity index (χ0n) is 8.06. The summed E-state index contributed by atoms with van der Waals surface area (Å²) in [6.07, 6.45) is 0.00350. The minimum Gasteiger partial charge on any atom is -0.481 e. The van der Waals surface area contributed by atoms with Crippen molar-refractivity contribution in [2.75, 3.05) is 0 Å². The summed E-state index contributed by atoms with van der Waals surface area (Å²) < 4.78 is 0. The minimum absolute atomic E-state index is 0.00350. The van der Waals surface area contributed by atoms with Gasteiger partial charge in [-0.3, -0.25) is 9.59 Å². The lowest BCUT2D eigenvalue weighted by Gasteiger charge is -2.03. The van der Waals surface area contributed by atoms with Gasteiger partial charge >= 0.3 is 5.97 Å². The maximum atomic E-state index is 10.4.